The quantitative estimate of drug-likeness (QED) is 0.671. The summed E-state index contributed by atoms with van der Waals surface area (Å²) >= 11 is 0. The Bertz CT molecular complexity index is 333. The molecular formula is C14H26N2O4. The van der Waals surface area contributed by atoms with Crippen LogP contribution in [-0.2, 0) is 14.3 Å². The summed E-state index contributed by atoms with van der Waals surface area (Å²) in [5.41, 5.74) is -0.516. The molecule has 1 amide bonds. The number of aliphatic carboxylic acids is 1. The fraction of sp³-hybridized carbons (Fsp3) is 0.857. The van der Waals surface area contributed by atoms with Crippen LogP contribution in [-0.4, -0.2) is 48.8 Å². The Morgan fingerprint density at radius 1 is 1.35 bits per heavy atom. The van der Waals surface area contributed by atoms with E-state index in [2.05, 4.69) is 10.6 Å². The van der Waals surface area contributed by atoms with Crippen LogP contribution in [0.25, 0.3) is 0 Å². The van der Waals surface area contributed by atoms with Gasteiger partial charge in [-0.2, -0.15) is 0 Å². The van der Waals surface area contributed by atoms with Crippen LogP contribution in [0.15, 0.2) is 0 Å². The monoisotopic (exact) mass is 286 g/mol. The number of ether oxygens (including phenoxy) is 1. The van der Waals surface area contributed by atoms with Crippen LogP contribution in [0.3, 0.4) is 0 Å². The van der Waals surface area contributed by atoms with Gasteiger partial charge >= 0.3 is 5.97 Å². The summed E-state index contributed by atoms with van der Waals surface area (Å²) in [5.74, 6) is -1.29. The van der Waals surface area contributed by atoms with Crippen molar-refractivity contribution in [1.82, 2.24) is 10.6 Å². The van der Waals surface area contributed by atoms with E-state index in [0.717, 1.165) is 25.9 Å². The number of carbonyl (C=O) groups excluding carboxylic acids is 1. The highest BCUT2D eigenvalue weighted by Crippen LogP contribution is 2.19. The van der Waals surface area contributed by atoms with Gasteiger partial charge in [-0.25, -0.2) is 4.79 Å². The SMILES string of the molecule is CC(C)(C)C(NC(=O)CCOC1CCNCC1)C(=O)O. The predicted octanol–water partition coefficient (Wildman–Crippen LogP) is 0.761. The first-order valence-corrected chi connectivity index (χ1v) is 7.15. The fourth-order valence-corrected chi connectivity index (χ4v) is 2.16. The number of carbonyl (C=O) groups is 2. The van der Waals surface area contributed by atoms with Crippen LogP contribution in [0.1, 0.15) is 40.0 Å². The minimum absolute atomic E-state index is 0.198. The number of hydrogen-bond donors (Lipinski definition) is 3. The van der Waals surface area contributed by atoms with Gasteiger partial charge in [-0.1, -0.05) is 20.8 Å². The molecule has 0 saturated carbocycles. The lowest BCUT2D eigenvalue weighted by Crippen LogP contribution is -2.49. The second kappa shape index (κ2) is 7.59. The number of carboxylic acid groups (broad SMARTS) is 1. The molecule has 1 rings (SSSR count). The van der Waals surface area contributed by atoms with Gasteiger partial charge in [0.05, 0.1) is 12.7 Å². The molecular weight excluding hydrogens is 260 g/mol. The van der Waals surface area contributed by atoms with Crippen LogP contribution >= 0.6 is 0 Å². The third-order valence-electron chi connectivity index (χ3n) is 3.39. The normalized spacial score (nSPS) is 18.6. The second-order valence-corrected chi connectivity index (χ2v) is 6.27. The molecule has 116 valence electrons. The van der Waals surface area contributed by atoms with Gasteiger partial charge in [0.15, 0.2) is 0 Å². The van der Waals surface area contributed by atoms with Crippen molar-refractivity contribution in [2.75, 3.05) is 19.7 Å². The smallest absolute Gasteiger partial charge is 0.326 e. The Balaban J connectivity index is 2.29. The lowest BCUT2D eigenvalue weighted by Gasteiger charge is -2.28. The summed E-state index contributed by atoms with van der Waals surface area (Å²) in [6.07, 6.45) is 2.33. The molecule has 0 aromatic rings. The molecule has 0 aromatic heterocycles. The zero-order valence-corrected chi connectivity index (χ0v) is 12.6. The maximum absolute atomic E-state index is 11.8. The molecule has 6 heteroatoms. The first-order valence-electron chi connectivity index (χ1n) is 7.15. The molecule has 0 aromatic carbocycles. The van der Waals surface area contributed by atoms with Crippen molar-refractivity contribution in [3.63, 3.8) is 0 Å². The molecule has 1 aliphatic heterocycles. The minimum Gasteiger partial charge on any atom is -0.480 e. The molecule has 1 unspecified atom stereocenters. The van der Waals surface area contributed by atoms with Crippen molar-refractivity contribution in [1.29, 1.82) is 0 Å². The Kier molecular flexibility index (Phi) is 6.42. The van der Waals surface area contributed by atoms with Crippen LogP contribution in [0.5, 0.6) is 0 Å². The van der Waals surface area contributed by atoms with E-state index >= 15 is 0 Å². The highest BCUT2D eigenvalue weighted by Gasteiger charge is 2.32. The first-order chi connectivity index (χ1) is 9.30. The number of amides is 1. The van der Waals surface area contributed by atoms with Crippen molar-refractivity contribution < 1.29 is 19.4 Å². The van der Waals surface area contributed by atoms with Gasteiger partial charge in [0.1, 0.15) is 6.04 Å². The number of rotatable bonds is 6. The van der Waals surface area contributed by atoms with Gasteiger partial charge in [0.2, 0.25) is 5.91 Å². The summed E-state index contributed by atoms with van der Waals surface area (Å²) in [6.45, 7) is 7.60. The Morgan fingerprint density at radius 3 is 2.45 bits per heavy atom. The summed E-state index contributed by atoms with van der Waals surface area (Å²) in [7, 11) is 0. The van der Waals surface area contributed by atoms with Crippen molar-refractivity contribution in [2.24, 2.45) is 5.41 Å². The number of hydrogen-bond acceptors (Lipinski definition) is 4. The molecule has 1 heterocycles. The fourth-order valence-electron chi connectivity index (χ4n) is 2.16. The first kappa shape index (κ1) is 16.9. The highest BCUT2D eigenvalue weighted by atomic mass is 16.5. The lowest BCUT2D eigenvalue weighted by molar-refractivity contribution is -0.145. The summed E-state index contributed by atoms with van der Waals surface area (Å²) in [5, 5.41) is 14.9. The van der Waals surface area contributed by atoms with E-state index in [9.17, 15) is 9.59 Å². The van der Waals surface area contributed by atoms with Crippen molar-refractivity contribution in [3.8, 4) is 0 Å². The van der Waals surface area contributed by atoms with Gasteiger partial charge in [-0.3, -0.25) is 4.79 Å². The van der Waals surface area contributed by atoms with Crippen molar-refractivity contribution >= 4 is 11.9 Å². The molecule has 0 aliphatic carbocycles. The van der Waals surface area contributed by atoms with E-state index < -0.39 is 17.4 Å². The lowest BCUT2D eigenvalue weighted by atomic mass is 9.86. The third-order valence-corrected chi connectivity index (χ3v) is 3.39. The predicted molar refractivity (Wildman–Crippen MR) is 75.5 cm³/mol. The highest BCUT2D eigenvalue weighted by molar-refractivity contribution is 5.84. The average molecular weight is 286 g/mol. The van der Waals surface area contributed by atoms with Crippen LogP contribution in [0, 0.1) is 5.41 Å². The molecule has 1 aliphatic rings. The summed E-state index contributed by atoms with van der Waals surface area (Å²) in [6, 6.07) is -0.881. The minimum atomic E-state index is -1.01. The van der Waals surface area contributed by atoms with E-state index in [0.29, 0.717) is 6.61 Å². The van der Waals surface area contributed by atoms with Gasteiger partial charge in [0, 0.05) is 6.42 Å². The zero-order chi connectivity index (χ0) is 15.2. The summed E-state index contributed by atoms with van der Waals surface area (Å²) in [4.78, 5) is 22.9. The third kappa shape index (κ3) is 5.88. The molecule has 1 fully saturated rings. The Hall–Kier alpha value is -1.14. The van der Waals surface area contributed by atoms with Gasteiger partial charge in [0.25, 0.3) is 0 Å². The standard InChI is InChI=1S/C14H26N2O4/c1-14(2,3)12(13(18)19)16-11(17)6-9-20-10-4-7-15-8-5-10/h10,12,15H,4-9H2,1-3H3,(H,16,17)(H,18,19). The number of piperidine rings is 1. The molecule has 3 N–H and O–H groups in total. The number of nitrogens with one attached hydrogen (secondary N) is 2. The molecule has 20 heavy (non-hydrogen) atoms. The molecule has 0 radical (unpaired) electrons. The zero-order valence-electron chi connectivity index (χ0n) is 12.6. The van der Waals surface area contributed by atoms with Crippen LogP contribution in [0.2, 0.25) is 0 Å². The van der Waals surface area contributed by atoms with E-state index in [4.69, 9.17) is 9.84 Å². The van der Waals surface area contributed by atoms with Crippen LogP contribution in [0.4, 0.5) is 0 Å². The largest absolute Gasteiger partial charge is 0.480 e. The second-order valence-electron chi connectivity index (χ2n) is 6.27. The van der Waals surface area contributed by atoms with Gasteiger partial charge < -0.3 is 20.5 Å². The van der Waals surface area contributed by atoms with E-state index in [1.807, 2.05) is 0 Å². The molecule has 1 atom stereocenters. The van der Waals surface area contributed by atoms with Gasteiger partial charge in [-0.05, 0) is 31.3 Å². The summed E-state index contributed by atoms with van der Waals surface area (Å²) < 4.78 is 5.63. The number of carboxylic acids is 1. The van der Waals surface area contributed by atoms with E-state index in [1.165, 1.54) is 0 Å². The maximum Gasteiger partial charge on any atom is 0.326 e. The van der Waals surface area contributed by atoms with E-state index in [-0.39, 0.29) is 18.4 Å². The topological polar surface area (TPSA) is 87.7 Å². The van der Waals surface area contributed by atoms with Crippen molar-refractivity contribution in [2.45, 2.75) is 52.2 Å². The van der Waals surface area contributed by atoms with Crippen LogP contribution < -0.4 is 10.6 Å². The van der Waals surface area contributed by atoms with E-state index in [1.54, 1.807) is 20.8 Å². The van der Waals surface area contributed by atoms with Crippen molar-refractivity contribution in [3.05, 3.63) is 0 Å². The average Bonchev–Trinajstić information content (AvgIpc) is 2.35. The Labute approximate surface area is 120 Å². The maximum atomic E-state index is 11.8. The molecule has 1 saturated heterocycles. The molecule has 0 bridgehead atoms. The molecule has 0 spiro atoms. The molecule has 6 nitrogen and oxygen atoms in total. The van der Waals surface area contributed by atoms with Gasteiger partial charge in [-0.15, -0.1) is 0 Å². The Morgan fingerprint density at radius 2 is 1.95 bits per heavy atom.